The van der Waals surface area contributed by atoms with E-state index in [2.05, 4.69) is 5.32 Å². The third kappa shape index (κ3) is 4.10. The van der Waals surface area contributed by atoms with E-state index in [1.807, 2.05) is 6.92 Å². The minimum atomic E-state index is -0.418. The average Bonchev–Trinajstić information content (AvgIpc) is 2.46. The topological polar surface area (TPSA) is 64.4 Å². The van der Waals surface area contributed by atoms with Crippen LogP contribution < -0.4 is 10.1 Å². The average molecular weight is 307 g/mol. The molecule has 2 aromatic carbocycles. The Kier molecular flexibility index (Phi) is 5.00. The van der Waals surface area contributed by atoms with E-state index >= 15 is 0 Å². The lowest BCUT2D eigenvalue weighted by Crippen LogP contribution is -2.04. The van der Waals surface area contributed by atoms with Crippen LogP contribution in [-0.4, -0.2) is 11.5 Å². The largest absolute Gasteiger partial charge is 0.489 e. The van der Waals surface area contributed by atoms with E-state index in [1.165, 1.54) is 12.1 Å². The van der Waals surface area contributed by atoms with Crippen molar-refractivity contribution in [3.8, 4) is 5.75 Å². The molecule has 0 saturated heterocycles. The highest BCUT2D eigenvalue weighted by Crippen LogP contribution is 2.24. The third-order valence-corrected chi connectivity index (χ3v) is 3.09. The van der Waals surface area contributed by atoms with Gasteiger partial charge < -0.3 is 10.1 Å². The van der Waals surface area contributed by atoms with E-state index in [1.54, 1.807) is 30.3 Å². The lowest BCUT2D eigenvalue weighted by atomic mass is 10.1. The molecular weight excluding hydrogens is 292 g/mol. The fourth-order valence-corrected chi connectivity index (χ4v) is 2.07. The maximum Gasteiger partial charge on any atom is 0.269 e. The first-order valence-corrected chi connectivity index (χ1v) is 6.87. The fraction of sp³-hybridized carbons (Fsp3) is 0.200. The molecule has 0 bridgehead atoms. The van der Waals surface area contributed by atoms with Crippen LogP contribution in [0.4, 0.5) is 11.4 Å². The molecule has 0 aliphatic carbocycles. The van der Waals surface area contributed by atoms with Crippen molar-refractivity contribution in [3.05, 3.63) is 63.2 Å². The number of halogens is 1. The number of anilines is 1. The zero-order chi connectivity index (χ0) is 15.2. The van der Waals surface area contributed by atoms with Crippen molar-refractivity contribution in [3.63, 3.8) is 0 Å². The van der Waals surface area contributed by atoms with Gasteiger partial charge in [-0.2, -0.15) is 0 Å². The molecule has 0 aliphatic rings. The normalized spacial score (nSPS) is 10.2. The molecule has 6 heteroatoms. The van der Waals surface area contributed by atoms with Crippen LogP contribution in [0.2, 0.25) is 5.02 Å². The first-order valence-electron chi connectivity index (χ1n) is 6.49. The van der Waals surface area contributed by atoms with Crippen LogP contribution in [0.5, 0.6) is 5.75 Å². The number of ether oxygens (including phenoxy) is 1. The predicted octanol–water partition coefficient (Wildman–Crippen LogP) is 4.26. The number of nitrogens with zero attached hydrogens (tertiary/aromatic N) is 1. The van der Waals surface area contributed by atoms with Crippen LogP contribution in [0.3, 0.4) is 0 Å². The van der Waals surface area contributed by atoms with Crippen molar-refractivity contribution in [2.45, 2.75) is 13.5 Å². The molecule has 0 unspecified atom stereocenters. The summed E-state index contributed by atoms with van der Waals surface area (Å²) in [5.41, 5.74) is 1.59. The number of nitro groups is 1. The Morgan fingerprint density at radius 1 is 1.29 bits per heavy atom. The van der Waals surface area contributed by atoms with E-state index < -0.39 is 4.92 Å². The molecule has 0 heterocycles. The molecule has 110 valence electrons. The molecule has 0 radical (unpaired) electrons. The second kappa shape index (κ2) is 6.95. The first kappa shape index (κ1) is 15.1. The molecule has 21 heavy (non-hydrogen) atoms. The molecule has 0 aliphatic heterocycles. The van der Waals surface area contributed by atoms with E-state index in [9.17, 15) is 10.1 Å². The van der Waals surface area contributed by atoms with Gasteiger partial charge in [-0.25, -0.2) is 0 Å². The highest BCUT2D eigenvalue weighted by Gasteiger charge is 2.11. The van der Waals surface area contributed by atoms with Crippen molar-refractivity contribution < 1.29 is 9.66 Å². The molecule has 0 saturated carbocycles. The van der Waals surface area contributed by atoms with Gasteiger partial charge in [0, 0.05) is 35.0 Å². The van der Waals surface area contributed by atoms with Crippen molar-refractivity contribution in [2.24, 2.45) is 0 Å². The summed E-state index contributed by atoms with van der Waals surface area (Å²) < 4.78 is 5.65. The van der Waals surface area contributed by atoms with Crippen LogP contribution >= 0.6 is 11.6 Å². The van der Waals surface area contributed by atoms with Gasteiger partial charge in [0.05, 0.1) is 4.92 Å². The van der Waals surface area contributed by atoms with Crippen LogP contribution in [0, 0.1) is 10.1 Å². The molecule has 2 rings (SSSR count). The zero-order valence-electron chi connectivity index (χ0n) is 11.5. The van der Waals surface area contributed by atoms with Gasteiger partial charge in [-0.05, 0) is 31.2 Å². The monoisotopic (exact) mass is 306 g/mol. The van der Waals surface area contributed by atoms with Gasteiger partial charge in [0.1, 0.15) is 12.4 Å². The summed E-state index contributed by atoms with van der Waals surface area (Å²) >= 11 is 5.89. The minimum Gasteiger partial charge on any atom is -0.489 e. The minimum absolute atomic E-state index is 0.0429. The van der Waals surface area contributed by atoms with Gasteiger partial charge in [-0.15, -0.1) is 0 Å². The van der Waals surface area contributed by atoms with E-state index in [0.717, 1.165) is 17.8 Å². The number of hydrogen-bond acceptors (Lipinski definition) is 4. The van der Waals surface area contributed by atoms with Gasteiger partial charge in [0.15, 0.2) is 0 Å². The van der Waals surface area contributed by atoms with Gasteiger partial charge in [0.2, 0.25) is 0 Å². The summed E-state index contributed by atoms with van der Waals surface area (Å²) in [7, 11) is 0. The highest BCUT2D eigenvalue weighted by atomic mass is 35.5. The molecule has 1 N–H and O–H groups in total. The maximum atomic E-state index is 10.9. The van der Waals surface area contributed by atoms with Gasteiger partial charge in [-0.3, -0.25) is 10.1 Å². The van der Waals surface area contributed by atoms with Gasteiger partial charge in [0.25, 0.3) is 5.69 Å². The third-order valence-electron chi connectivity index (χ3n) is 2.86. The molecule has 2 aromatic rings. The summed E-state index contributed by atoms with van der Waals surface area (Å²) in [6.07, 6.45) is 0. The SMILES string of the molecule is CCNc1ccc([N+](=O)[O-])cc1COc1cccc(Cl)c1. The number of benzene rings is 2. The van der Waals surface area contributed by atoms with E-state index in [0.29, 0.717) is 10.8 Å². The smallest absolute Gasteiger partial charge is 0.269 e. The molecule has 0 amide bonds. The summed E-state index contributed by atoms with van der Waals surface area (Å²) in [4.78, 5) is 10.5. The number of non-ortho nitro benzene ring substituents is 1. The van der Waals surface area contributed by atoms with Crippen LogP contribution in [0.25, 0.3) is 0 Å². The fourth-order valence-electron chi connectivity index (χ4n) is 1.89. The number of rotatable bonds is 6. The standard InChI is InChI=1S/C15H15ClN2O3/c1-2-17-15-7-6-13(18(19)20)8-11(15)10-21-14-5-3-4-12(16)9-14/h3-9,17H,2,10H2,1H3. The zero-order valence-corrected chi connectivity index (χ0v) is 12.3. The van der Waals surface area contributed by atoms with E-state index in [-0.39, 0.29) is 12.3 Å². The molecular formula is C15H15ClN2O3. The number of hydrogen-bond donors (Lipinski definition) is 1. The summed E-state index contributed by atoms with van der Waals surface area (Å²) in [6.45, 7) is 2.91. The molecule has 5 nitrogen and oxygen atoms in total. The van der Waals surface area contributed by atoms with Crippen LogP contribution in [-0.2, 0) is 6.61 Å². The van der Waals surface area contributed by atoms with E-state index in [4.69, 9.17) is 16.3 Å². The highest BCUT2D eigenvalue weighted by molar-refractivity contribution is 6.30. The first-order chi connectivity index (χ1) is 10.1. The Balaban J connectivity index is 2.20. The lowest BCUT2D eigenvalue weighted by molar-refractivity contribution is -0.384. The molecule has 0 atom stereocenters. The summed E-state index contributed by atoms with van der Waals surface area (Å²) in [5, 5.41) is 14.6. The van der Waals surface area contributed by atoms with Gasteiger partial charge in [-0.1, -0.05) is 17.7 Å². The molecule has 0 spiro atoms. The Morgan fingerprint density at radius 2 is 2.10 bits per heavy atom. The van der Waals surface area contributed by atoms with Crippen LogP contribution in [0.15, 0.2) is 42.5 Å². The second-order valence-corrected chi connectivity index (χ2v) is 4.81. The Hall–Kier alpha value is -2.27. The maximum absolute atomic E-state index is 10.9. The Labute approximate surface area is 127 Å². The Bertz CT molecular complexity index is 647. The summed E-state index contributed by atoms with van der Waals surface area (Å²) in [6, 6.07) is 11.7. The molecule has 0 aromatic heterocycles. The van der Waals surface area contributed by atoms with Gasteiger partial charge >= 0.3 is 0 Å². The Morgan fingerprint density at radius 3 is 2.76 bits per heavy atom. The van der Waals surface area contributed by atoms with Crippen molar-refractivity contribution in [1.29, 1.82) is 0 Å². The lowest BCUT2D eigenvalue weighted by Gasteiger charge is -2.12. The molecule has 0 fully saturated rings. The van der Waals surface area contributed by atoms with Crippen molar-refractivity contribution in [1.82, 2.24) is 0 Å². The van der Waals surface area contributed by atoms with Crippen molar-refractivity contribution in [2.75, 3.05) is 11.9 Å². The number of nitrogens with one attached hydrogen (secondary N) is 1. The quantitative estimate of drug-likeness (QED) is 0.640. The number of nitro benzene ring substituents is 1. The second-order valence-electron chi connectivity index (χ2n) is 4.37. The summed E-state index contributed by atoms with van der Waals surface area (Å²) in [5.74, 6) is 0.622. The van der Waals surface area contributed by atoms with Crippen LogP contribution in [0.1, 0.15) is 12.5 Å². The predicted molar refractivity (Wildman–Crippen MR) is 83.0 cm³/mol. The van der Waals surface area contributed by atoms with Crippen molar-refractivity contribution >= 4 is 23.0 Å².